The van der Waals surface area contributed by atoms with Crippen molar-refractivity contribution in [2.45, 2.75) is 63.8 Å². The quantitative estimate of drug-likeness (QED) is 0.667. The van der Waals surface area contributed by atoms with Crippen LogP contribution < -0.4 is 5.32 Å². The normalized spacial score (nSPS) is 17.0. The zero-order chi connectivity index (χ0) is 15.7. The third kappa shape index (κ3) is 7.11. The lowest BCUT2D eigenvalue weighted by Gasteiger charge is -2.21. The molecule has 1 amide bonds. The molecular formula is C15H25NO5. The van der Waals surface area contributed by atoms with Gasteiger partial charge in [0, 0.05) is 12.8 Å². The smallest absolute Gasteiger partial charge is 0.326 e. The highest BCUT2D eigenvalue weighted by molar-refractivity contribution is 5.84. The van der Waals surface area contributed by atoms with E-state index < -0.39 is 18.0 Å². The summed E-state index contributed by atoms with van der Waals surface area (Å²) in [5.74, 6) is -1.26. The van der Waals surface area contributed by atoms with Crippen LogP contribution in [-0.2, 0) is 19.1 Å². The van der Waals surface area contributed by atoms with Crippen molar-refractivity contribution >= 4 is 17.8 Å². The topological polar surface area (TPSA) is 92.7 Å². The van der Waals surface area contributed by atoms with E-state index in [9.17, 15) is 14.4 Å². The van der Waals surface area contributed by atoms with Crippen LogP contribution in [0, 0.1) is 5.92 Å². The first kappa shape index (κ1) is 17.5. The fourth-order valence-corrected chi connectivity index (χ4v) is 2.70. The van der Waals surface area contributed by atoms with Gasteiger partial charge in [-0.05, 0) is 18.8 Å². The van der Waals surface area contributed by atoms with Crippen molar-refractivity contribution in [3.8, 4) is 0 Å². The van der Waals surface area contributed by atoms with Gasteiger partial charge in [0.1, 0.15) is 6.04 Å². The van der Waals surface area contributed by atoms with Crippen LogP contribution in [0.2, 0.25) is 0 Å². The van der Waals surface area contributed by atoms with Crippen LogP contribution in [0.3, 0.4) is 0 Å². The van der Waals surface area contributed by atoms with Gasteiger partial charge in [0.2, 0.25) is 5.91 Å². The monoisotopic (exact) mass is 299 g/mol. The molecule has 0 unspecified atom stereocenters. The number of methoxy groups -OCH3 is 1. The van der Waals surface area contributed by atoms with Crippen molar-refractivity contribution in [1.29, 1.82) is 0 Å². The van der Waals surface area contributed by atoms with Crippen LogP contribution in [0.4, 0.5) is 0 Å². The molecule has 6 nitrogen and oxygen atoms in total. The van der Waals surface area contributed by atoms with Gasteiger partial charge >= 0.3 is 11.9 Å². The summed E-state index contributed by atoms with van der Waals surface area (Å²) in [6.07, 6.45) is 7.26. The molecule has 6 heteroatoms. The van der Waals surface area contributed by atoms with E-state index in [1.807, 2.05) is 0 Å². The van der Waals surface area contributed by atoms with E-state index in [0.29, 0.717) is 12.3 Å². The number of hydrogen-bond donors (Lipinski definition) is 2. The molecular weight excluding hydrogens is 274 g/mol. The van der Waals surface area contributed by atoms with Crippen molar-refractivity contribution in [3.05, 3.63) is 0 Å². The third-order valence-corrected chi connectivity index (χ3v) is 4.00. The molecule has 0 aromatic carbocycles. The lowest BCUT2D eigenvalue weighted by Crippen LogP contribution is -2.41. The zero-order valence-corrected chi connectivity index (χ0v) is 12.6. The number of ether oxygens (including phenoxy) is 1. The molecule has 21 heavy (non-hydrogen) atoms. The molecule has 1 rings (SSSR count). The highest BCUT2D eigenvalue weighted by Gasteiger charge is 2.22. The Labute approximate surface area is 125 Å². The maximum atomic E-state index is 11.8. The Hall–Kier alpha value is -1.59. The first-order chi connectivity index (χ1) is 10.0. The lowest BCUT2D eigenvalue weighted by molar-refractivity contribution is -0.144. The van der Waals surface area contributed by atoms with E-state index in [1.165, 1.54) is 26.4 Å². The Morgan fingerprint density at radius 3 is 2.43 bits per heavy atom. The largest absolute Gasteiger partial charge is 0.480 e. The number of esters is 1. The number of amides is 1. The minimum atomic E-state index is -1.12. The van der Waals surface area contributed by atoms with Gasteiger partial charge in [0.25, 0.3) is 0 Å². The molecule has 1 saturated carbocycles. The average molecular weight is 299 g/mol. The van der Waals surface area contributed by atoms with Crippen molar-refractivity contribution in [2.75, 3.05) is 7.11 Å². The second-order valence-electron chi connectivity index (χ2n) is 5.62. The van der Waals surface area contributed by atoms with Crippen molar-refractivity contribution in [3.63, 3.8) is 0 Å². The Balaban J connectivity index is 2.30. The van der Waals surface area contributed by atoms with Crippen LogP contribution in [0.1, 0.15) is 57.8 Å². The minimum Gasteiger partial charge on any atom is -0.480 e. The molecule has 1 fully saturated rings. The molecule has 0 radical (unpaired) electrons. The van der Waals surface area contributed by atoms with Gasteiger partial charge in [0.05, 0.1) is 7.11 Å². The number of carbonyl (C=O) groups is 3. The molecule has 0 spiro atoms. The molecule has 0 aromatic rings. The number of carbonyl (C=O) groups excluding carboxylic acids is 2. The third-order valence-electron chi connectivity index (χ3n) is 4.00. The summed E-state index contributed by atoms with van der Waals surface area (Å²) in [6.45, 7) is 0. The molecule has 0 bridgehead atoms. The van der Waals surface area contributed by atoms with Gasteiger partial charge in [-0.3, -0.25) is 9.59 Å². The van der Waals surface area contributed by atoms with Crippen LogP contribution in [-0.4, -0.2) is 36.1 Å². The second-order valence-corrected chi connectivity index (χ2v) is 5.62. The minimum absolute atomic E-state index is 0.0175. The highest BCUT2D eigenvalue weighted by atomic mass is 16.5. The van der Waals surface area contributed by atoms with Gasteiger partial charge in [0.15, 0.2) is 0 Å². The highest BCUT2D eigenvalue weighted by Crippen LogP contribution is 2.27. The molecule has 0 saturated heterocycles. The van der Waals surface area contributed by atoms with E-state index in [0.717, 1.165) is 19.3 Å². The van der Waals surface area contributed by atoms with Gasteiger partial charge in [-0.1, -0.05) is 32.1 Å². The first-order valence-corrected chi connectivity index (χ1v) is 7.62. The Morgan fingerprint density at radius 2 is 1.86 bits per heavy atom. The fraction of sp³-hybridized carbons (Fsp3) is 0.800. The summed E-state index contributed by atoms with van der Waals surface area (Å²) in [4.78, 5) is 33.9. The zero-order valence-electron chi connectivity index (χ0n) is 12.6. The predicted molar refractivity (Wildman–Crippen MR) is 76.6 cm³/mol. The van der Waals surface area contributed by atoms with E-state index >= 15 is 0 Å². The number of hydrogen-bond acceptors (Lipinski definition) is 4. The van der Waals surface area contributed by atoms with E-state index in [-0.39, 0.29) is 18.7 Å². The summed E-state index contributed by atoms with van der Waals surface area (Å²) in [7, 11) is 1.25. The molecule has 0 heterocycles. The maximum absolute atomic E-state index is 11.8. The first-order valence-electron chi connectivity index (χ1n) is 7.62. The Bertz CT molecular complexity index is 363. The Kier molecular flexibility index (Phi) is 7.79. The summed E-state index contributed by atoms with van der Waals surface area (Å²) < 4.78 is 4.47. The number of nitrogens with one attached hydrogen (secondary N) is 1. The van der Waals surface area contributed by atoms with E-state index in [4.69, 9.17) is 5.11 Å². The Morgan fingerprint density at radius 1 is 1.19 bits per heavy atom. The standard InChI is InChI=1S/C15H25NO5/c1-21-14(18)10-8-12(15(19)20)16-13(17)9-7-11-5-3-2-4-6-11/h11-12H,2-10H2,1H3,(H,16,17)(H,19,20)/t12-/m1/s1. The molecule has 120 valence electrons. The second kappa shape index (κ2) is 9.37. The summed E-state index contributed by atoms with van der Waals surface area (Å²) in [5, 5.41) is 11.5. The van der Waals surface area contributed by atoms with Crippen LogP contribution in [0.15, 0.2) is 0 Å². The number of carboxylic acid groups (broad SMARTS) is 1. The van der Waals surface area contributed by atoms with Crippen molar-refractivity contribution < 1.29 is 24.2 Å². The number of rotatable bonds is 8. The van der Waals surface area contributed by atoms with Gasteiger partial charge in [-0.2, -0.15) is 0 Å². The average Bonchev–Trinajstić information content (AvgIpc) is 2.49. The van der Waals surface area contributed by atoms with E-state index in [1.54, 1.807) is 0 Å². The maximum Gasteiger partial charge on any atom is 0.326 e. The number of aliphatic carboxylic acids is 1. The van der Waals surface area contributed by atoms with Crippen molar-refractivity contribution in [1.82, 2.24) is 5.32 Å². The van der Waals surface area contributed by atoms with Gasteiger partial charge in [-0.15, -0.1) is 0 Å². The molecule has 1 aliphatic carbocycles. The van der Waals surface area contributed by atoms with Crippen LogP contribution in [0.5, 0.6) is 0 Å². The lowest BCUT2D eigenvalue weighted by atomic mass is 9.86. The van der Waals surface area contributed by atoms with Crippen LogP contribution >= 0.6 is 0 Å². The van der Waals surface area contributed by atoms with Crippen molar-refractivity contribution in [2.24, 2.45) is 5.92 Å². The summed E-state index contributed by atoms with van der Waals surface area (Å²) in [5.41, 5.74) is 0. The van der Waals surface area contributed by atoms with E-state index in [2.05, 4.69) is 10.1 Å². The van der Waals surface area contributed by atoms with Gasteiger partial charge in [-0.25, -0.2) is 4.79 Å². The molecule has 0 aromatic heterocycles. The fourth-order valence-electron chi connectivity index (χ4n) is 2.70. The molecule has 1 aliphatic rings. The van der Waals surface area contributed by atoms with Crippen LogP contribution in [0.25, 0.3) is 0 Å². The molecule has 1 atom stereocenters. The molecule has 2 N–H and O–H groups in total. The summed E-state index contributed by atoms with van der Waals surface area (Å²) in [6, 6.07) is -1.03. The SMILES string of the molecule is COC(=O)CC[C@@H](NC(=O)CCC1CCCCC1)C(=O)O. The number of carboxylic acids is 1. The molecule has 0 aliphatic heterocycles. The predicted octanol–water partition coefficient (Wildman–Crippen LogP) is 1.87. The van der Waals surface area contributed by atoms with Gasteiger partial charge < -0.3 is 15.2 Å². The summed E-state index contributed by atoms with van der Waals surface area (Å²) >= 11 is 0.